The Bertz CT molecular complexity index is 1690. The van der Waals surface area contributed by atoms with Crippen LogP contribution in [0.1, 0.15) is 11.1 Å². The van der Waals surface area contributed by atoms with Gasteiger partial charge in [-0.15, -0.1) is 11.3 Å². The van der Waals surface area contributed by atoms with Crippen molar-refractivity contribution in [2.75, 3.05) is 20.3 Å². The van der Waals surface area contributed by atoms with E-state index in [9.17, 15) is 4.79 Å². The zero-order chi connectivity index (χ0) is 26.9. The number of thiazole rings is 1. The molecule has 1 aliphatic rings. The fraction of sp³-hybridized carbons (Fsp3) is 0.214. The minimum absolute atomic E-state index is 0.0288. The number of alkyl carbamates (subject to hydrolysis) is 1. The number of aryl methyl sites for hydroxylation is 1. The first kappa shape index (κ1) is 25.1. The van der Waals surface area contributed by atoms with Gasteiger partial charge in [0.25, 0.3) is 0 Å². The predicted molar refractivity (Wildman–Crippen MR) is 149 cm³/mol. The van der Waals surface area contributed by atoms with Crippen LogP contribution in [0.15, 0.2) is 54.7 Å². The highest BCUT2D eigenvalue weighted by molar-refractivity contribution is 7.22. The monoisotopic (exact) mass is 562 g/mol. The van der Waals surface area contributed by atoms with Crippen LogP contribution in [-0.4, -0.2) is 47.5 Å². The van der Waals surface area contributed by atoms with Gasteiger partial charge in [0.05, 0.1) is 29.4 Å². The molecule has 9 nitrogen and oxygen atoms in total. The van der Waals surface area contributed by atoms with Crippen LogP contribution in [0, 0.1) is 6.92 Å². The van der Waals surface area contributed by atoms with Gasteiger partial charge in [-0.05, 0) is 30.2 Å². The largest absolute Gasteiger partial charge is 0.484 e. The summed E-state index contributed by atoms with van der Waals surface area (Å²) in [4.78, 5) is 26.1. The van der Waals surface area contributed by atoms with Crippen molar-refractivity contribution in [3.63, 3.8) is 0 Å². The van der Waals surface area contributed by atoms with Crippen LogP contribution in [0.2, 0.25) is 5.02 Å². The van der Waals surface area contributed by atoms with E-state index in [4.69, 9.17) is 35.5 Å². The summed E-state index contributed by atoms with van der Waals surface area (Å²) >= 11 is 8.07. The molecule has 0 aliphatic carbocycles. The first-order valence-electron chi connectivity index (χ1n) is 12.2. The Kier molecular flexibility index (Phi) is 6.80. The molecule has 2 aromatic heterocycles. The number of hydrogen-bond donors (Lipinski definition) is 1. The molecule has 1 unspecified atom stereocenters. The second-order valence-electron chi connectivity index (χ2n) is 8.96. The Morgan fingerprint density at radius 3 is 2.85 bits per heavy atom. The molecule has 0 bridgehead atoms. The third kappa shape index (κ3) is 5.13. The average Bonchev–Trinajstić information content (AvgIpc) is 3.41. The number of ether oxygens (including phenoxy) is 4. The van der Waals surface area contributed by atoms with Crippen LogP contribution in [0.5, 0.6) is 17.4 Å². The molecular formula is C28H23ClN4O5S. The Morgan fingerprint density at radius 1 is 1.18 bits per heavy atom. The summed E-state index contributed by atoms with van der Waals surface area (Å²) in [5.41, 5.74) is 4.88. The minimum atomic E-state index is -0.528. The van der Waals surface area contributed by atoms with Crippen molar-refractivity contribution in [2.24, 2.45) is 0 Å². The lowest BCUT2D eigenvalue weighted by molar-refractivity contribution is 0.0343. The number of methoxy groups -OCH3 is 1. The molecule has 0 fully saturated rings. The number of carbonyl (C=O) groups excluding carboxylic acids is 1. The highest BCUT2D eigenvalue weighted by Crippen LogP contribution is 2.47. The van der Waals surface area contributed by atoms with E-state index in [1.807, 2.05) is 49.4 Å². The number of nitrogens with zero attached hydrogens (tertiary/aromatic N) is 3. The van der Waals surface area contributed by atoms with Crippen molar-refractivity contribution in [3.8, 4) is 28.0 Å². The topological polar surface area (TPSA) is 105 Å². The second-order valence-corrected chi connectivity index (χ2v) is 10.4. The Labute approximate surface area is 232 Å². The van der Waals surface area contributed by atoms with Crippen LogP contribution in [0.25, 0.3) is 31.8 Å². The number of hydrogen-bond acceptors (Lipinski definition) is 9. The van der Waals surface area contributed by atoms with E-state index in [0.29, 0.717) is 45.5 Å². The van der Waals surface area contributed by atoms with Gasteiger partial charge < -0.3 is 24.3 Å². The molecule has 1 atom stereocenters. The van der Waals surface area contributed by atoms with Gasteiger partial charge in [-0.1, -0.05) is 41.9 Å². The van der Waals surface area contributed by atoms with Crippen LogP contribution < -0.4 is 19.5 Å². The number of fused-ring (bicyclic) bond motifs is 4. The summed E-state index contributed by atoms with van der Waals surface area (Å²) in [7, 11) is 1.56. The quantitative estimate of drug-likeness (QED) is 0.271. The Morgan fingerprint density at radius 2 is 2.03 bits per heavy atom. The summed E-state index contributed by atoms with van der Waals surface area (Å²) in [5.74, 6) is 1.48. The van der Waals surface area contributed by atoms with Crippen molar-refractivity contribution >= 4 is 50.3 Å². The molecule has 1 N–H and O–H groups in total. The zero-order valence-electron chi connectivity index (χ0n) is 21.1. The van der Waals surface area contributed by atoms with Crippen LogP contribution in [-0.2, 0) is 11.3 Å². The molecule has 39 heavy (non-hydrogen) atoms. The van der Waals surface area contributed by atoms with Crippen molar-refractivity contribution in [1.29, 1.82) is 0 Å². The maximum absolute atomic E-state index is 12.1. The molecule has 198 valence electrons. The van der Waals surface area contributed by atoms with Crippen molar-refractivity contribution < 1.29 is 23.7 Å². The second kappa shape index (κ2) is 10.5. The van der Waals surface area contributed by atoms with Gasteiger partial charge >= 0.3 is 6.09 Å². The summed E-state index contributed by atoms with van der Waals surface area (Å²) in [5, 5.41) is 3.90. The number of carbonyl (C=O) groups is 1. The van der Waals surface area contributed by atoms with Crippen molar-refractivity contribution in [2.45, 2.75) is 19.6 Å². The molecule has 3 heterocycles. The third-order valence-electron chi connectivity index (χ3n) is 6.14. The smallest absolute Gasteiger partial charge is 0.407 e. The van der Waals surface area contributed by atoms with E-state index in [2.05, 4.69) is 15.3 Å². The molecule has 6 rings (SSSR count). The van der Waals surface area contributed by atoms with Gasteiger partial charge in [0, 0.05) is 18.2 Å². The van der Waals surface area contributed by atoms with Crippen molar-refractivity contribution in [1.82, 2.24) is 20.3 Å². The van der Waals surface area contributed by atoms with Gasteiger partial charge in [0.2, 0.25) is 5.88 Å². The molecule has 11 heteroatoms. The van der Waals surface area contributed by atoms with Gasteiger partial charge in [-0.25, -0.2) is 19.7 Å². The number of halogens is 1. The molecule has 3 aromatic carbocycles. The minimum Gasteiger partial charge on any atom is -0.484 e. The standard InChI is InChI=1S/C28H23ClN4O5S/c1-15-8-18(23-20(9-15)32-22(35-2)12-30-23)27-33-24-19(29)10-21-25(26(24)39-27)36-13-17(38-21)14-37-28(34)31-11-16-6-4-3-5-7-16/h3-10,12,17H,11,13-14H2,1-2H3,(H,31,34). The van der Waals surface area contributed by atoms with Crippen LogP contribution in [0.4, 0.5) is 4.79 Å². The lowest BCUT2D eigenvalue weighted by atomic mass is 10.1. The molecule has 5 aromatic rings. The van der Waals surface area contributed by atoms with E-state index in [0.717, 1.165) is 26.4 Å². The fourth-order valence-electron chi connectivity index (χ4n) is 4.31. The van der Waals surface area contributed by atoms with E-state index >= 15 is 0 Å². The zero-order valence-corrected chi connectivity index (χ0v) is 22.6. The van der Waals surface area contributed by atoms with Gasteiger partial charge in [0.15, 0.2) is 17.6 Å². The van der Waals surface area contributed by atoms with E-state index < -0.39 is 12.2 Å². The highest BCUT2D eigenvalue weighted by Gasteiger charge is 2.28. The highest BCUT2D eigenvalue weighted by atomic mass is 35.5. The Balaban J connectivity index is 1.22. The average molecular weight is 563 g/mol. The van der Waals surface area contributed by atoms with E-state index in [1.165, 1.54) is 11.3 Å². The molecule has 1 aliphatic heterocycles. The SMILES string of the molecule is COc1cnc2c(-c3nc4c(Cl)cc5c(c4s3)OCC(COC(=O)NCc3ccccc3)O5)cc(C)cc2n1. The predicted octanol–water partition coefficient (Wildman–Crippen LogP) is 5.94. The van der Waals surface area contributed by atoms with Gasteiger partial charge in [-0.3, -0.25) is 0 Å². The number of amides is 1. The summed E-state index contributed by atoms with van der Waals surface area (Å²) in [6.07, 6.45) is 0.580. The Hall–Kier alpha value is -4.15. The fourth-order valence-corrected chi connectivity index (χ4v) is 5.70. The van der Waals surface area contributed by atoms with Crippen LogP contribution in [0.3, 0.4) is 0 Å². The van der Waals surface area contributed by atoms with Crippen molar-refractivity contribution in [3.05, 3.63) is 70.9 Å². The molecule has 0 saturated heterocycles. The van der Waals surface area contributed by atoms with Gasteiger partial charge in [-0.2, -0.15) is 0 Å². The first-order valence-corrected chi connectivity index (χ1v) is 13.4. The van der Waals surface area contributed by atoms with Gasteiger partial charge in [0.1, 0.15) is 28.4 Å². The maximum Gasteiger partial charge on any atom is 0.407 e. The van der Waals surface area contributed by atoms with Crippen LogP contribution >= 0.6 is 22.9 Å². The summed E-state index contributed by atoms with van der Waals surface area (Å²) in [6.45, 7) is 2.61. The third-order valence-corrected chi connectivity index (χ3v) is 7.51. The molecule has 1 amide bonds. The summed E-state index contributed by atoms with van der Waals surface area (Å²) < 4.78 is 23.5. The number of nitrogens with one attached hydrogen (secondary N) is 1. The van der Waals surface area contributed by atoms with E-state index in [-0.39, 0.29) is 13.2 Å². The maximum atomic E-state index is 12.1. The number of aromatic nitrogens is 3. The number of rotatable bonds is 6. The first-order chi connectivity index (χ1) is 19.0. The molecule has 0 spiro atoms. The lowest BCUT2D eigenvalue weighted by Crippen LogP contribution is -2.36. The number of benzene rings is 3. The lowest BCUT2D eigenvalue weighted by Gasteiger charge is -2.26. The normalized spacial score (nSPS) is 14.4. The molecule has 0 radical (unpaired) electrons. The summed E-state index contributed by atoms with van der Waals surface area (Å²) in [6, 6.07) is 15.3. The van der Waals surface area contributed by atoms with E-state index in [1.54, 1.807) is 19.4 Å². The molecular weight excluding hydrogens is 540 g/mol. The molecule has 0 saturated carbocycles.